The summed E-state index contributed by atoms with van der Waals surface area (Å²) >= 11 is 18.1. The first-order chi connectivity index (χ1) is 6.79. The molecule has 0 aliphatic heterocycles. The van der Waals surface area contributed by atoms with Gasteiger partial charge < -0.3 is 0 Å². The third-order valence-corrected chi connectivity index (χ3v) is 3.24. The van der Waals surface area contributed by atoms with E-state index >= 15 is 0 Å². The number of alkyl halides is 1. The first kappa shape index (κ1) is 13.2. The molecule has 0 amide bonds. The van der Waals surface area contributed by atoms with Gasteiger partial charge in [0.25, 0.3) is 0 Å². The molecule has 3 heteroatoms. The molecule has 0 N–H and O–H groups in total. The Morgan fingerprint density at radius 3 is 2.20 bits per heavy atom. The molecule has 0 nitrogen and oxygen atoms in total. The Morgan fingerprint density at radius 2 is 1.73 bits per heavy atom. The van der Waals surface area contributed by atoms with Gasteiger partial charge in [-0.15, -0.1) is 11.6 Å². The standard InChI is InChI=1S/C12H15Cl3/c1-12(2,3)7-11(15)8-4-5-9(13)10(14)6-8/h4-6,11H,7H2,1-3H3. The average molecular weight is 266 g/mol. The zero-order valence-corrected chi connectivity index (χ0v) is 11.4. The fourth-order valence-electron chi connectivity index (χ4n) is 1.36. The molecule has 1 atom stereocenters. The van der Waals surface area contributed by atoms with Crippen molar-refractivity contribution in [3.8, 4) is 0 Å². The molecule has 0 heterocycles. The summed E-state index contributed by atoms with van der Waals surface area (Å²) in [6.45, 7) is 6.50. The van der Waals surface area contributed by atoms with E-state index in [9.17, 15) is 0 Å². The van der Waals surface area contributed by atoms with Crippen molar-refractivity contribution in [1.29, 1.82) is 0 Å². The summed E-state index contributed by atoms with van der Waals surface area (Å²) in [7, 11) is 0. The molecule has 15 heavy (non-hydrogen) atoms. The third kappa shape index (κ3) is 4.22. The van der Waals surface area contributed by atoms with Crippen LogP contribution in [0.25, 0.3) is 0 Å². The van der Waals surface area contributed by atoms with Crippen LogP contribution in [-0.2, 0) is 0 Å². The highest BCUT2D eigenvalue weighted by Crippen LogP contribution is 2.36. The van der Waals surface area contributed by atoms with E-state index in [0.717, 1.165) is 12.0 Å². The molecular weight excluding hydrogens is 250 g/mol. The third-order valence-electron chi connectivity index (χ3n) is 2.10. The van der Waals surface area contributed by atoms with E-state index < -0.39 is 0 Å². The molecule has 1 aromatic carbocycles. The zero-order valence-electron chi connectivity index (χ0n) is 9.15. The van der Waals surface area contributed by atoms with Crippen molar-refractivity contribution in [3.63, 3.8) is 0 Å². The van der Waals surface area contributed by atoms with E-state index in [2.05, 4.69) is 20.8 Å². The minimum Gasteiger partial charge on any atom is -0.118 e. The normalized spacial score (nSPS) is 14.0. The van der Waals surface area contributed by atoms with Crippen LogP contribution in [0.4, 0.5) is 0 Å². The lowest BCUT2D eigenvalue weighted by atomic mass is 9.88. The number of halogens is 3. The second-order valence-electron chi connectivity index (χ2n) is 4.91. The van der Waals surface area contributed by atoms with E-state index in [1.165, 1.54) is 0 Å². The van der Waals surface area contributed by atoms with E-state index in [1.807, 2.05) is 12.1 Å². The number of hydrogen-bond donors (Lipinski definition) is 0. The predicted molar refractivity (Wildman–Crippen MR) is 69.1 cm³/mol. The Kier molecular flexibility index (Phi) is 4.34. The summed E-state index contributed by atoms with van der Waals surface area (Å²) in [6.07, 6.45) is 0.909. The van der Waals surface area contributed by atoms with E-state index in [4.69, 9.17) is 34.8 Å². The maximum Gasteiger partial charge on any atom is 0.0595 e. The maximum atomic E-state index is 6.31. The Balaban J connectivity index is 2.83. The van der Waals surface area contributed by atoms with Crippen molar-refractivity contribution in [2.24, 2.45) is 5.41 Å². The van der Waals surface area contributed by atoms with Crippen LogP contribution in [0.2, 0.25) is 10.0 Å². The van der Waals surface area contributed by atoms with Crippen LogP contribution in [0.5, 0.6) is 0 Å². The maximum absolute atomic E-state index is 6.31. The summed E-state index contributed by atoms with van der Waals surface area (Å²) in [5.41, 5.74) is 1.24. The highest BCUT2D eigenvalue weighted by molar-refractivity contribution is 6.42. The molecule has 0 aliphatic rings. The predicted octanol–water partition coefficient (Wildman–Crippen LogP) is 5.71. The lowest BCUT2D eigenvalue weighted by Gasteiger charge is -2.22. The topological polar surface area (TPSA) is 0 Å². The van der Waals surface area contributed by atoms with Crippen molar-refractivity contribution < 1.29 is 0 Å². The van der Waals surface area contributed by atoms with Crippen LogP contribution in [0, 0.1) is 5.41 Å². The molecule has 0 fully saturated rings. The summed E-state index contributed by atoms with van der Waals surface area (Å²) in [6, 6.07) is 5.56. The van der Waals surface area contributed by atoms with E-state index in [0.29, 0.717) is 10.0 Å². The van der Waals surface area contributed by atoms with Gasteiger partial charge in [0.2, 0.25) is 0 Å². The fourth-order valence-corrected chi connectivity index (χ4v) is 2.27. The molecule has 1 unspecified atom stereocenters. The molecule has 1 rings (SSSR count). The van der Waals surface area contributed by atoms with E-state index in [-0.39, 0.29) is 10.8 Å². The van der Waals surface area contributed by atoms with Gasteiger partial charge in [0.05, 0.1) is 15.4 Å². The summed E-state index contributed by atoms with van der Waals surface area (Å²) in [4.78, 5) is 0. The van der Waals surface area contributed by atoms with Crippen LogP contribution >= 0.6 is 34.8 Å². The first-order valence-corrected chi connectivity index (χ1v) is 6.08. The number of hydrogen-bond acceptors (Lipinski definition) is 0. The summed E-state index contributed by atoms with van der Waals surface area (Å²) in [5.74, 6) is 0. The number of benzene rings is 1. The molecule has 0 saturated heterocycles. The average Bonchev–Trinajstić information content (AvgIpc) is 2.06. The van der Waals surface area contributed by atoms with Crippen molar-refractivity contribution in [2.45, 2.75) is 32.6 Å². The lowest BCUT2D eigenvalue weighted by molar-refractivity contribution is 0.372. The number of rotatable bonds is 2. The first-order valence-electron chi connectivity index (χ1n) is 4.88. The van der Waals surface area contributed by atoms with Gasteiger partial charge in [-0.05, 0) is 29.5 Å². The Labute approximate surface area is 107 Å². The quantitative estimate of drug-likeness (QED) is 0.601. The molecule has 0 radical (unpaired) electrons. The van der Waals surface area contributed by atoms with Gasteiger partial charge in [-0.1, -0.05) is 50.0 Å². The SMILES string of the molecule is CC(C)(C)CC(Cl)c1ccc(Cl)c(Cl)c1. The second kappa shape index (κ2) is 4.95. The van der Waals surface area contributed by atoms with Crippen LogP contribution in [0.1, 0.15) is 38.1 Å². The van der Waals surface area contributed by atoms with Crippen LogP contribution in [-0.4, -0.2) is 0 Å². The summed E-state index contributed by atoms with van der Waals surface area (Å²) in [5, 5.41) is 1.12. The monoisotopic (exact) mass is 264 g/mol. The van der Waals surface area contributed by atoms with Gasteiger partial charge in [0.15, 0.2) is 0 Å². The van der Waals surface area contributed by atoms with Gasteiger partial charge in [-0.25, -0.2) is 0 Å². The smallest absolute Gasteiger partial charge is 0.0595 e. The second-order valence-corrected chi connectivity index (χ2v) is 6.25. The lowest BCUT2D eigenvalue weighted by Crippen LogP contribution is -2.08. The van der Waals surface area contributed by atoms with Gasteiger partial charge in [0, 0.05) is 0 Å². The van der Waals surface area contributed by atoms with Crippen molar-refractivity contribution >= 4 is 34.8 Å². The Morgan fingerprint density at radius 1 is 1.13 bits per heavy atom. The van der Waals surface area contributed by atoms with Gasteiger partial charge >= 0.3 is 0 Å². The highest BCUT2D eigenvalue weighted by Gasteiger charge is 2.18. The van der Waals surface area contributed by atoms with E-state index in [1.54, 1.807) is 6.07 Å². The molecular formula is C12H15Cl3. The highest BCUT2D eigenvalue weighted by atomic mass is 35.5. The Bertz CT molecular complexity index is 339. The van der Waals surface area contributed by atoms with Crippen LogP contribution in [0.3, 0.4) is 0 Å². The zero-order chi connectivity index (χ0) is 11.6. The Hall–Kier alpha value is 0.0900. The van der Waals surface area contributed by atoms with Gasteiger partial charge in [0.1, 0.15) is 0 Å². The molecule has 0 aliphatic carbocycles. The molecule has 1 aromatic rings. The molecule has 0 spiro atoms. The van der Waals surface area contributed by atoms with Crippen molar-refractivity contribution in [3.05, 3.63) is 33.8 Å². The largest absolute Gasteiger partial charge is 0.118 e. The fraction of sp³-hybridized carbons (Fsp3) is 0.500. The van der Waals surface area contributed by atoms with Crippen molar-refractivity contribution in [1.82, 2.24) is 0 Å². The molecule has 84 valence electrons. The summed E-state index contributed by atoms with van der Waals surface area (Å²) < 4.78 is 0. The van der Waals surface area contributed by atoms with Gasteiger partial charge in [-0.3, -0.25) is 0 Å². The minimum absolute atomic E-state index is 0.0141. The molecule has 0 saturated carbocycles. The molecule has 0 aromatic heterocycles. The van der Waals surface area contributed by atoms with Crippen LogP contribution in [0.15, 0.2) is 18.2 Å². The van der Waals surface area contributed by atoms with Gasteiger partial charge in [-0.2, -0.15) is 0 Å². The van der Waals surface area contributed by atoms with Crippen molar-refractivity contribution in [2.75, 3.05) is 0 Å². The molecule has 0 bridgehead atoms. The minimum atomic E-state index is -0.0141. The van der Waals surface area contributed by atoms with Crippen LogP contribution < -0.4 is 0 Å².